The van der Waals surface area contributed by atoms with Crippen molar-refractivity contribution >= 4 is 28.4 Å². The van der Waals surface area contributed by atoms with Crippen LogP contribution in [0.3, 0.4) is 0 Å². The third-order valence-corrected chi connectivity index (χ3v) is 7.37. The highest BCUT2D eigenvalue weighted by Gasteiger charge is 2.34. The van der Waals surface area contributed by atoms with Gasteiger partial charge in [-0.1, -0.05) is 69.6 Å². The average Bonchev–Trinajstić information content (AvgIpc) is 2.11. The second-order valence-corrected chi connectivity index (χ2v) is 11.6. The highest BCUT2D eigenvalue weighted by Crippen LogP contribution is 2.53. The zero-order valence-corrected chi connectivity index (χ0v) is 15.4. The lowest BCUT2D eigenvalue weighted by molar-refractivity contribution is 0.439. The van der Waals surface area contributed by atoms with Gasteiger partial charge in [0, 0.05) is 22.1 Å². The molecule has 0 aliphatic rings. The second kappa shape index (κ2) is 5.74. The van der Waals surface area contributed by atoms with Crippen LogP contribution in [-0.2, 0) is 4.57 Å². The van der Waals surface area contributed by atoms with Crippen LogP contribution in [-0.4, -0.2) is 12.3 Å². The first-order valence-electron chi connectivity index (χ1n) is 6.76. The molecular weight excluding hydrogens is 319 g/mol. The van der Waals surface area contributed by atoms with Gasteiger partial charge in [0.05, 0.1) is 0 Å². The molecule has 19 heavy (non-hydrogen) atoms. The summed E-state index contributed by atoms with van der Waals surface area (Å²) >= 11 is 3.49. The van der Waals surface area contributed by atoms with Gasteiger partial charge in [0.2, 0.25) is 0 Å². The fourth-order valence-corrected chi connectivity index (χ4v) is 7.35. The Morgan fingerprint density at radius 3 is 1.84 bits per heavy atom. The van der Waals surface area contributed by atoms with Gasteiger partial charge in [-0.15, -0.1) is 0 Å². The molecule has 1 aromatic carbocycles. The molecule has 0 spiro atoms. The maximum Gasteiger partial charge on any atom is 0.116 e. The Balaban J connectivity index is 3.23. The number of hydrogen-bond donors (Lipinski definition) is 0. The zero-order valence-electron chi connectivity index (χ0n) is 13.0. The summed E-state index contributed by atoms with van der Waals surface area (Å²) in [5, 5.41) is 1.01. The van der Waals surface area contributed by atoms with E-state index in [4.69, 9.17) is 0 Å². The largest absolute Gasteiger partial charge is 0.319 e. The summed E-state index contributed by atoms with van der Waals surface area (Å²) in [4.78, 5) is 0. The molecule has 0 amide bonds. The molecule has 1 aromatic rings. The summed E-state index contributed by atoms with van der Waals surface area (Å²) in [5.74, 6) is 0. The zero-order chi connectivity index (χ0) is 14.9. The first-order valence-corrected chi connectivity index (χ1v) is 9.63. The first kappa shape index (κ1) is 17.0. The molecule has 0 aromatic heterocycles. The molecule has 0 N–H and O–H groups in total. The minimum atomic E-state index is -2.37. The fraction of sp³-hybridized carbons (Fsp3) is 0.625. The smallest absolute Gasteiger partial charge is 0.116 e. The van der Waals surface area contributed by atoms with E-state index in [0.29, 0.717) is 0 Å². The fourth-order valence-electron chi connectivity index (χ4n) is 2.50. The molecule has 0 atom stereocenters. The Bertz CT molecular complexity index is 460. The van der Waals surface area contributed by atoms with Gasteiger partial charge in [-0.25, -0.2) is 0 Å². The number of hydrogen-bond acceptors (Lipinski definition) is 1. The lowest BCUT2D eigenvalue weighted by Crippen LogP contribution is -2.25. The summed E-state index contributed by atoms with van der Waals surface area (Å²) in [6.45, 7) is 13.0. The van der Waals surface area contributed by atoms with Crippen LogP contribution < -0.4 is 5.30 Å². The maximum atomic E-state index is 13.6. The monoisotopic (exact) mass is 344 g/mol. The summed E-state index contributed by atoms with van der Waals surface area (Å²) < 4.78 is 14.6. The predicted octanol–water partition coefficient (Wildman–Crippen LogP) is 5.53. The number of rotatable bonds is 3. The molecule has 0 saturated heterocycles. The quantitative estimate of drug-likeness (QED) is 0.659. The standard InChI is InChI=1S/C16H26BrOP/c1-15(2,3)11-19(18,12-16(4,5)6)14-9-7-8-13(17)10-14/h7-10H,11-12H2,1-6H3. The van der Waals surface area contributed by atoms with Crippen molar-refractivity contribution in [3.8, 4) is 0 Å². The van der Waals surface area contributed by atoms with Crippen LogP contribution in [0.15, 0.2) is 28.7 Å². The molecule has 0 fully saturated rings. The molecule has 0 aliphatic heterocycles. The maximum absolute atomic E-state index is 13.6. The summed E-state index contributed by atoms with van der Waals surface area (Å²) in [6, 6.07) is 8.01. The Morgan fingerprint density at radius 2 is 1.47 bits per heavy atom. The van der Waals surface area contributed by atoms with Crippen LogP contribution in [0.5, 0.6) is 0 Å². The van der Waals surface area contributed by atoms with E-state index in [1.165, 1.54) is 0 Å². The third-order valence-electron chi connectivity index (χ3n) is 2.74. The number of benzene rings is 1. The van der Waals surface area contributed by atoms with E-state index in [9.17, 15) is 4.57 Å². The molecule has 0 bridgehead atoms. The van der Waals surface area contributed by atoms with E-state index in [1.54, 1.807) is 0 Å². The van der Waals surface area contributed by atoms with Gasteiger partial charge in [0.25, 0.3) is 0 Å². The molecule has 0 heterocycles. The summed E-state index contributed by atoms with van der Waals surface area (Å²) in [6.07, 6.45) is 1.52. The van der Waals surface area contributed by atoms with E-state index in [0.717, 1.165) is 22.1 Å². The Morgan fingerprint density at radius 1 is 1.00 bits per heavy atom. The van der Waals surface area contributed by atoms with Gasteiger partial charge < -0.3 is 4.57 Å². The first-order chi connectivity index (χ1) is 8.41. The molecule has 0 saturated carbocycles. The summed E-state index contributed by atoms with van der Waals surface area (Å²) in [5.41, 5.74) is 0.145. The lowest BCUT2D eigenvalue weighted by atomic mass is 10.00. The molecule has 1 nitrogen and oxygen atoms in total. The lowest BCUT2D eigenvalue weighted by Gasteiger charge is -2.32. The van der Waals surface area contributed by atoms with Gasteiger partial charge in [0.15, 0.2) is 0 Å². The van der Waals surface area contributed by atoms with E-state index in [2.05, 4.69) is 57.5 Å². The van der Waals surface area contributed by atoms with Crippen molar-refractivity contribution < 1.29 is 4.57 Å². The molecule has 3 heteroatoms. The average molecular weight is 345 g/mol. The number of halogens is 1. The topological polar surface area (TPSA) is 17.1 Å². The molecule has 1 rings (SSSR count). The van der Waals surface area contributed by atoms with Crippen LogP contribution in [0.2, 0.25) is 0 Å². The van der Waals surface area contributed by atoms with Gasteiger partial charge in [0.1, 0.15) is 7.14 Å². The van der Waals surface area contributed by atoms with E-state index < -0.39 is 7.14 Å². The minimum Gasteiger partial charge on any atom is -0.319 e. The summed E-state index contributed by atoms with van der Waals surface area (Å²) in [7, 11) is -2.37. The van der Waals surface area contributed by atoms with Crippen LogP contribution >= 0.6 is 23.1 Å². The van der Waals surface area contributed by atoms with E-state index in [1.807, 2.05) is 24.3 Å². The van der Waals surface area contributed by atoms with Crippen molar-refractivity contribution in [1.29, 1.82) is 0 Å². The van der Waals surface area contributed by atoms with Crippen LogP contribution in [0.1, 0.15) is 41.5 Å². The van der Waals surface area contributed by atoms with Gasteiger partial charge in [-0.05, 0) is 23.0 Å². The van der Waals surface area contributed by atoms with Crippen LogP contribution in [0.4, 0.5) is 0 Å². The van der Waals surface area contributed by atoms with E-state index >= 15 is 0 Å². The van der Waals surface area contributed by atoms with Crippen molar-refractivity contribution in [2.75, 3.05) is 12.3 Å². The second-order valence-electron chi connectivity index (χ2n) is 7.81. The van der Waals surface area contributed by atoms with Crippen LogP contribution in [0, 0.1) is 10.8 Å². The Kier molecular flexibility index (Phi) is 5.13. The van der Waals surface area contributed by atoms with Crippen molar-refractivity contribution in [2.24, 2.45) is 10.8 Å². The van der Waals surface area contributed by atoms with Gasteiger partial charge in [-0.2, -0.15) is 0 Å². The van der Waals surface area contributed by atoms with Crippen molar-refractivity contribution in [3.63, 3.8) is 0 Å². The normalized spacial score (nSPS) is 13.6. The Hall–Kier alpha value is -0.0700. The highest BCUT2D eigenvalue weighted by molar-refractivity contribution is 9.10. The molecule has 108 valence electrons. The highest BCUT2D eigenvalue weighted by atomic mass is 79.9. The van der Waals surface area contributed by atoms with Gasteiger partial charge in [-0.3, -0.25) is 0 Å². The third kappa shape index (κ3) is 5.83. The van der Waals surface area contributed by atoms with Crippen molar-refractivity contribution in [3.05, 3.63) is 28.7 Å². The van der Waals surface area contributed by atoms with E-state index in [-0.39, 0.29) is 10.8 Å². The van der Waals surface area contributed by atoms with Gasteiger partial charge >= 0.3 is 0 Å². The SMILES string of the molecule is CC(C)(C)CP(=O)(CC(C)(C)C)c1cccc(Br)c1. The van der Waals surface area contributed by atoms with Crippen LogP contribution in [0.25, 0.3) is 0 Å². The molecule has 0 unspecified atom stereocenters. The Labute approximate surface area is 126 Å². The minimum absolute atomic E-state index is 0.0725. The molecule has 0 radical (unpaired) electrons. The predicted molar refractivity (Wildman–Crippen MR) is 90.0 cm³/mol. The van der Waals surface area contributed by atoms with Crippen molar-refractivity contribution in [1.82, 2.24) is 0 Å². The molecular formula is C16H26BrOP. The molecule has 0 aliphatic carbocycles. The van der Waals surface area contributed by atoms with Crippen molar-refractivity contribution in [2.45, 2.75) is 41.5 Å².